The molecule has 1 aliphatic carbocycles. The third-order valence-electron chi connectivity index (χ3n) is 5.06. The molecular formula is C15H21BrN2S. The first-order valence-corrected chi connectivity index (χ1v) is 7.71. The van der Waals surface area contributed by atoms with Crippen LogP contribution in [0.4, 0.5) is 5.69 Å². The fourth-order valence-electron chi connectivity index (χ4n) is 2.93. The molecule has 0 atom stereocenters. The zero-order valence-corrected chi connectivity index (χ0v) is 14.3. The van der Waals surface area contributed by atoms with Crippen molar-refractivity contribution in [1.29, 1.82) is 0 Å². The minimum atomic E-state index is 0.384. The second kappa shape index (κ2) is 4.74. The zero-order chi connectivity index (χ0) is 14.4. The predicted octanol–water partition coefficient (Wildman–Crippen LogP) is 4.18. The second-order valence-electron chi connectivity index (χ2n) is 6.43. The maximum absolute atomic E-state index is 5.77. The molecule has 0 spiro atoms. The van der Waals surface area contributed by atoms with E-state index in [2.05, 4.69) is 48.9 Å². The minimum absolute atomic E-state index is 0.384. The van der Waals surface area contributed by atoms with Crippen LogP contribution in [-0.4, -0.2) is 11.5 Å². The first kappa shape index (κ1) is 14.8. The molecule has 3 N–H and O–H groups in total. The first-order valence-electron chi connectivity index (χ1n) is 6.51. The highest BCUT2D eigenvalue weighted by Crippen LogP contribution is 2.68. The SMILES string of the molecule is CC1(C)C(CNc2cc(Br)ccc2C(N)=S)C1(C)C. The molecule has 0 heterocycles. The van der Waals surface area contributed by atoms with Crippen LogP contribution >= 0.6 is 28.1 Å². The van der Waals surface area contributed by atoms with E-state index in [0.29, 0.717) is 21.7 Å². The normalized spacial score (nSPS) is 20.1. The molecule has 1 saturated carbocycles. The number of hydrogen-bond acceptors (Lipinski definition) is 2. The van der Waals surface area contributed by atoms with Crippen LogP contribution < -0.4 is 11.1 Å². The molecule has 0 amide bonds. The van der Waals surface area contributed by atoms with Gasteiger partial charge in [-0.05, 0) is 34.9 Å². The van der Waals surface area contributed by atoms with Crippen molar-refractivity contribution in [3.8, 4) is 0 Å². The van der Waals surface area contributed by atoms with Crippen LogP contribution in [0.1, 0.15) is 33.3 Å². The van der Waals surface area contributed by atoms with Gasteiger partial charge < -0.3 is 11.1 Å². The van der Waals surface area contributed by atoms with Crippen molar-refractivity contribution >= 4 is 38.8 Å². The van der Waals surface area contributed by atoms with Gasteiger partial charge in [-0.2, -0.15) is 0 Å². The lowest BCUT2D eigenvalue weighted by molar-refractivity contribution is 0.457. The molecule has 0 radical (unpaired) electrons. The maximum atomic E-state index is 5.77. The van der Waals surface area contributed by atoms with E-state index in [-0.39, 0.29) is 0 Å². The molecule has 4 heteroatoms. The Labute approximate surface area is 129 Å². The van der Waals surface area contributed by atoms with Crippen molar-refractivity contribution in [2.24, 2.45) is 22.5 Å². The summed E-state index contributed by atoms with van der Waals surface area (Å²) >= 11 is 8.59. The van der Waals surface area contributed by atoms with E-state index < -0.39 is 0 Å². The van der Waals surface area contributed by atoms with Crippen LogP contribution in [0.25, 0.3) is 0 Å². The Bertz CT molecular complexity index is 509. The van der Waals surface area contributed by atoms with Crippen LogP contribution in [-0.2, 0) is 0 Å². The molecule has 0 unspecified atom stereocenters. The van der Waals surface area contributed by atoms with Crippen molar-refractivity contribution in [1.82, 2.24) is 0 Å². The maximum Gasteiger partial charge on any atom is 0.106 e. The van der Waals surface area contributed by atoms with Gasteiger partial charge >= 0.3 is 0 Å². The van der Waals surface area contributed by atoms with Crippen molar-refractivity contribution in [3.05, 3.63) is 28.2 Å². The highest BCUT2D eigenvalue weighted by Gasteiger charge is 2.64. The van der Waals surface area contributed by atoms with Gasteiger partial charge in [-0.15, -0.1) is 0 Å². The summed E-state index contributed by atoms with van der Waals surface area (Å²) in [6, 6.07) is 5.96. The summed E-state index contributed by atoms with van der Waals surface area (Å²) in [6.07, 6.45) is 0. The van der Waals surface area contributed by atoms with Gasteiger partial charge in [0.1, 0.15) is 4.99 Å². The van der Waals surface area contributed by atoms with Crippen molar-refractivity contribution in [2.45, 2.75) is 27.7 Å². The predicted molar refractivity (Wildman–Crippen MR) is 89.6 cm³/mol. The highest BCUT2D eigenvalue weighted by molar-refractivity contribution is 9.10. The van der Waals surface area contributed by atoms with Crippen molar-refractivity contribution < 1.29 is 0 Å². The number of thiocarbonyl (C=S) groups is 1. The van der Waals surface area contributed by atoms with E-state index >= 15 is 0 Å². The number of halogens is 1. The Morgan fingerprint density at radius 3 is 2.37 bits per heavy atom. The quantitative estimate of drug-likeness (QED) is 0.807. The van der Waals surface area contributed by atoms with E-state index in [9.17, 15) is 0 Å². The molecular weight excluding hydrogens is 320 g/mol. The monoisotopic (exact) mass is 340 g/mol. The molecule has 1 aromatic rings. The van der Waals surface area contributed by atoms with Gasteiger partial charge in [0.15, 0.2) is 0 Å². The lowest BCUT2D eigenvalue weighted by atomic mass is 10.0. The summed E-state index contributed by atoms with van der Waals surface area (Å²) in [5.74, 6) is 0.665. The van der Waals surface area contributed by atoms with Crippen LogP contribution in [0.3, 0.4) is 0 Å². The number of nitrogens with one attached hydrogen (secondary N) is 1. The Kier molecular flexibility index (Phi) is 3.69. The van der Waals surface area contributed by atoms with Gasteiger partial charge in [0.05, 0.1) is 0 Å². The lowest BCUT2D eigenvalue weighted by Crippen LogP contribution is -2.15. The van der Waals surface area contributed by atoms with E-state index in [4.69, 9.17) is 18.0 Å². The molecule has 19 heavy (non-hydrogen) atoms. The van der Waals surface area contributed by atoms with Gasteiger partial charge in [-0.3, -0.25) is 0 Å². The van der Waals surface area contributed by atoms with Crippen LogP contribution in [0.5, 0.6) is 0 Å². The van der Waals surface area contributed by atoms with Gasteiger partial charge in [0.2, 0.25) is 0 Å². The molecule has 0 bridgehead atoms. The zero-order valence-electron chi connectivity index (χ0n) is 11.9. The summed E-state index contributed by atoms with van der Waals surface area (Å²) in [5.41, 5.74) is 8.46. The third kappa shape index (κ3) is 2.52. The minimum Gasteiger partial charge on any atom is -0.389 e. The number of benzene rings is 1. The molecule has 2 nitrogen and oxygen atoms in total. The number of rotatable bonds is 4. The molecule has 1 fully saturated rings. The standard InChI is InChI=1S/C15H21BrN2S/c1-14(2)12(15(14,3)4)8-18-11-7-9(16)5-6-10(11)13(17)19/h5-7,12,18H,8H2,1-4H3,(H2,17,19). The van der Waals surface area contributed by atoms with Crippen LogP contribution in [0.15, 0.2) is 22.7 Å². The highest BCUT2D eigenvalue weighted by atomic mass is 79.9. The van der Waals surface area contributed by atoms with Crippen molar-refractivity contribution in [3.63, 3.8) is 0 Å². The van der Waals surface area contributed by atoms with E-state index in [0.717, 1.165) is 22.3 Å². The molecule has 0 saturated heterocycles. The van der Waals surface area contributed by atoms with Gasteiger partial charge in [-0.1, -0.05) is 55.8 Å². The molecule has 104 valence electrons. The van der Waals surface area contributed by atoms with E-state index in [1.165, 1.54) is 0 Å². The summed E-state index contributed by atoms with van der Waals surface area (Å²) in [4.78, 5) is 0.435. The number of hydrogen-bond donors (Lipinski definition) is 2. The molecule has 0 aliphatic heterocycles. The first-order chi connectivity index (χ1) is 8.68. The van der Waals surface area contributed by atoms with Gasteiger partial charge in [-0.25, -0.2) is 0 Å². The van der Waals surface area contributed by atoms with Crippen LogP contribution in [0.2, 0.25) is 0 Å². The summed E-state index contributed by atoms with van der Waals surface area (Å²) in [5, 5.41) is 3.51. The van der Waals surface area contributed by atoms with E-state index in [1.807, 2.05) is 18.2 Å². The van der Waals surface area contributed by atoms with Crippen LogP contribution in [0, 0.1) is 16.7 Å². The Morgan fingerprint density at radius 2 is 1.89 bits per heavy atom. The summed E-state index contributed by atoms with van der Waals surface area (Å²) in [7, 11) is 0. The molecule has 0 aromatic heterocycles. The van der Waals surface area contributed by atoms with Gasteiger partial charge in [0.25, 0.3) is 0 Å². The van der Waals surface area contributed by atoms with Crippen molar-refractivity contribution in [2.75, 3.05) is 11.9 Å². The lowest BCUT2D eigenvalue weighted by Gasteiger charge is -2.12. The number of anilines is 1. The topological polar surface area (TPSA) is 38.0 Å². The Morgan fingerprint density at radius 1 is 1.32 bits per heavy atom. The second-order valence-corrected chi connectivity index (χ2v) is 7.79. The van der Waals surface area contributed by atoms with Gasteiger partial charge in [0, 0.05) is 22.3 Å². The molecule has 1 aliphatic rings. The Balaban J connectivity index is 2.13. The smallest absolute Gasteiger partial charge is 0.106 e. The third-order valence-corrected chi connectivity index (χ3v) is 5.78. The summed E-state index contributed by atoms with van der Waals surface area (Å²) < 4.78 is 1.03. The fraction of sp³-hybridized carbons (Fsp3) is 0.533. The molecule has 1 aromatic carbocycles. The molecule has 2 rings (SSSR count). The largest absolute Gasteiger partial charge is 0.389 e. The fourth-order valence-corrected chi connectivity index (χ4v) is 3.47. The average Bonchev–Trinajstić information content (AvgIpc) is 2.66. The van der Waals surface area contributed by atoms with E-state index in [1.54, 1.807) is 0 Å². The summed E-state index contributed by atoms with van der Waals surface area (Å²) in [6.45, 7) is 10.3. The number of nitrogens with two attached hydrogens (primary N) is 1. The average molecular weight is 341 g/mol. The Hall–Kier alpha value is -0.610.